The normalized spacial score (nSPS) is 17.6. The first-order valence-corrected chi connectivity index (χ1v) is 10.1. The summed E-state index contributed by atoms with van der Waals surface area (Å²) >= 11 is 0. The fraction of sp³-hybridized carbons (Fsp3) is 0.545. The van der Waals surface area contributed by atoms with Crippen LogP contribution in [0.3, 0.4) is 0 Å². The van der Waals surface area contributed by atoms with Crippen LogP contribution >= 0.6 is 0 Å². The minimum atomic E-state index is -0.191. The molecule has 152 valence electrons. The van der Waals surface area contributed by atoms with E-state index in [1.54, 1.807) is 6.92 Å². The summed E-state index contributed by atoms with van der Waals surface area (Å²) in [6, 6.07) is 6.75. The molecular weight excluding hydrogens is 357 g/mol. The molecule has 0 bridgehead atoms. The van der Waals surface area contributed by atoms with Gasteiger partial charge in [0.15, 0.2) is 0 Å². The van der Waals surface area contributed by atoms with Crippen molar-refractivity contribution in [3.8, 4) is 0 Å². The number of nitrogens with zero attached hydrogens (tertiary/aromatic N) is 3. The largest absolute Gasteiger partial charge is 0.361 e. The molecule has 0 N–H and O–H groups in total. The Morgan fingerprint density at radius 2 is 2.11 bits per heavy atom. The zero-order valence-electron chi connectivity index (χ0n) is 17.1. The number of carbonyl (C=O) groups is 1. The molecule has 1 aliphatic rings. The third-order valence-corrected chi connectivity index (χ3v) is 5.59. The molecule has 1 amide bonds. The molecule has 2 heterocycles. The molecule has 1 unspecified atom stereocenters. The minimum absolute atomic E-state index is 0.000893. The van der Waals surface area contributed by atoms with Crippen molar-refractivity contribution in [2.75, 3.05) is 33.2 Å². The SMILES string of the molecule is CCc1noc(C)c1C(=O)N(C)CC1CCCN(CCc2ccc(F)cc2)C1. The molecule has 1 atom stereocenters. The fourth-order valence-electron chi connectivity index (χ4n) is 4.04. The molecule has 6 heteroatoms. The zero-order valence-corrected chi connectivity index (χ0v) is 17.1. The third-order valence-electron chi connectivity index (χ3n) is 5.59. The van der Waals surface area contributed by atoms with Crippen LogP contribution < -0.4 is 0 Å². The number of hydrogen-bond donors (Lipinski definition) is 0. The quantitative estimate of drug-likeness (QED) is 0.727. The number of amides is 1. The van der Waals surface area contributed by atoms with Crippen molar-refractivity contribution >= 4 is 5.91 Å². The molecule has 1 aromatic carbocycles. The topological polar surface area (TPSA) is 49.6 Å². The third kappa shape index (κ3) is 4.98. The number of benzene rings is 1. The van der Waals surface area contributed by atoms with Crippen LogP contribution in [0.1, 0.15) is 47.1 Å². The fourth-order valence-corrected chi connectivity index (χ4v) is 4.04. The highest BCUT2D eigenvalue weighted by atomic mass is 19.1. The average molecular weight is 387 g/mol. The second kappa shape index (κ2) is 9.32. The highest BCUT2D eigenvalue weighted by molar-refractivity contribution is 5.96. The average Bonchev–Trinajstić information content (AvgIpc) is 3.07. The van der Waals surface area contributed by atoms with Gasteiger partial charge in [0.25, 0.3) is 5.91 Å². The van der Waals surface area contributed by atoms with Crippen LogP contribution in [0.4, 0.5) is 4.39 Å². The first-order chi connectivity index (χ1) is 13.5. The van der Waals surface area contributed by atoms with E-state index in [2.05, 4.69) is 10.1 Å². The zero-order chi connectivity index (χ0) is 20.1. The molecule has 0 spiro atoms. The maximum Gasteiger partial charge on any atom is 0.259 e. The van der Waals surface area contributed by atoms with Crippen molar-refractivity contribution < 1.29 is 13.7 Å². The molecule has 2 aromatic rings. The smallest absolute Gasteiger partial charge is 0.259 e. The maximum absolute atomic E-state index is 13.0. The van der Waals surface area contributed by atoms with Crippen molar-refractivity contribution in [3.63, 3.8) is 0 Å². The summed E-state index contributed by atoms with van der Waals surface area (Å²) in [6.45, 7) is 7.55. The van der Waals surface area contributed by atoms with E-state index in [-0.39, 0.29) is 11.7 Å². The standard InChI is InChI=1S/C22H30FN3O2/c1-4-20-21(16(2)28-24-20)22(27)25(3)14-18-6-5-12-26(15-18)13-11-17-7-9-19(23)10-8-17/h7-10,18H,4-6,11-15H2,1-3H3. The van der Waals surface area contributed by atoms with Crippen LogP contribution in [0.5, 0.6) is 0 Å². The van der Waals surface area contributed by atoms with Gasteiger partial charge in [-0.05, 0) is 62.8 Å². The molecule has 1 fully saturated rings. The number of hydrogen-bond acceptors (Lipinski definition) is 4. The van der Waals surface area contributed by atoms with Gasteiger partial charge < -0.3 is 14.3 Å². The molecule has 5 nitrogen and oxygen atoms in total. The highest BCUT2D eigenvalue weighted by Crippen LogP contribution is 2.21. The second-order valence-corrected chi connectivity index (χ2v) is 7.79. The number of aryl methyl sites for hydroxylation is 2. The Morgan fingerprint density at radius 1 is 1.36 bits per heavy atom. The molecule has 3 rings (SSSR count). The lowest BCUT2D eigenvalue weighted by Gasteiger charge is -2.34. The van der Waals surface area contributed by atoms with E-state index < -0.39 is 0 Å². The number of carbonyl (C=O) groups excluding carboxylic acids is 1. The molecule has 28 heavy (non-hydrogen) atoms. The molecule has 1 aromatic heterocycles. The van der Waals surface area contributed by atoms with E-state index in [0.29, 0.717) is 23.7 Å². The number of rotatable bonds is 7. The van der Waals surface area contributed by atoms with Crippen LogP contribution in [-0.4, -0.2) is 54.1 Å². The number of aromatic nitrogens is 1. The minimum Gasteiger partial charge on any atom is -0.361 e. The Morgan fingerprint density at radius 3 is 2.82 bits per heavy atom. The van der Waals surface area contributed by atoms with Crippen molar-refractivity contribution in [1.82, 2.24) is 15.0 Å². The second-order valence-electron chi connectivity index (χ2n) is 7.79. The van der Waals surface area contributed by atoms with Crippen molar-refractivity contribution in [2.24, 2.45) is 5.92 Å². The van der Waals surface area contributed by atoms with Crippen molar-refractivity contribution in [2.45, 2.75) is 39.5 Å². The van der Waals surface area contributed by atoms with Gasteiger partial charge in [-0.3, -0.25) is 4.79 Å². The number of piperidine rings is 1. The molecule has 1 aliphatic heterocycles. The molecule has 0 aliphatic carbocycles. The lowest BCUT2D eigenvalue weighted by atomic mass is 9.96. The first-order valence-electron chi connectivity index (χ1n) is 10.1. The summed E-state index contributed by atoms with van der Waals surface area (Å²) in [5, 5.41) is 4.00. The van der Waals surface area contributed by atoms with Gasteiger partial charge in [-0.1, -0.05) is 24.2 Å². The van der Waals surface area contributed by atoms with Gasteiger partial charge in [0, 0.05) is 26.7 Å². The van der Waals surface area contributed by atoms with E-state index in [4.69, 9.17) is 4.52 Å². The molecule has 0 saturated carbocycles. The van der Waals surface area contributed by atoms with E-state index in [1.807, 2.05) is 31.0 Å². The van der Waals surface area contributed by atoms with E-state index in [0.717, 1.165) is 56.7 Å². The van der Waals surface area contributed by atoms with E-state index >= 15 is 0 Å². The summed E-state index contributed by atoms with van der Waals surface area (Å²) in [5.41, 5.74) is 2.51. The van der Waals surface area contributed by atoms with Crippen LogP contribution in [0.15, 0.2) is 28.8 Å². The van der Waals surface area contributed by atoms with E-state index in [9.17, 15) is 9.18 Å². The van der Waals surface area contributed by atoms with Gasteiger partial charge in [-0.25, -0.2) is 4.39 Å². The van der Waals surface area contributed by atoms with Crippen molar-refractivity contribution in [3.05, 3.63) is 52.7 Å². The summed E-state index contributed by atoms with van der Waals surface area (Å²) < 4.78 is 18.3. The van der Waals surface area contributed by atoms with Crippen molar-refractivity contribution in [1.29, 1.82) is 0 Å². The summed E-state index contributed by atoms with van der Waals surface area (Å²) in [7, 11) is 1.87. The summed E-state index contributed by atoms with van der Waals surface area (Å²) in [4.78, 5) is 17.2. The lowest BCUT2D eigenvalue weighted by Crippen LogP contribution is -2.42. The van der Waals surface area contributed by atoms with Gasteiger partial charge in [-0.15, -0.1) is 0 Å². The molecule has 0 radical (unpaired) electrons. The lowest BCUT2D eigenvalue weighted by molar-refractivity contribution is 0.0728. The Hall–Kier alpha value is -2.21. The highest BCUT2D eigenvalue weighted by Gasteiger charge is 2.26. The Kier molecular flexibility index (Phi) is 6.83. The van der Waals surface area contributed by atoms with Gasteiger partial charge in [0.2, 0.25) is 0 Å². The van der Waals surface area contributed by atoms with Gasteiger partial charge in [0.05, 0.1) is 5.69 Å². The Labute approximate surface area is 166 Å². The van der Waals surface area contributed by atoms with Crippen LogP contribution in [0.2, 0.25) is 0 Å². The van der Waals surface area contributed by atoms with Crippen LogP contribution in [0, 0.1) is 18.7 Å². The first kappa shape index (κ1) is 20.5. The monoisotopic (exact) mass is 387 g/mol. The maximum atomic E-state index is 13.0. The Bertz CT molecular complexity index is 788. The number of likely N-dealkylation sites (tertiary alicyclic amines) is 1. The molecule has 1 saturated heterocycles. The van der Waals surface area contributed by atoms with Gasteiger partial charge in [0.1, 0.15) is 17.1 Å². The van der Waals surface area contributed by atoms with Gasteiger partial charge >= 0.3 is 0 Å². The van der Waals surface area contributed by atoms with Crippen LogP contribution in [0.25, 0.3) is 0 Å². The van der Waals surface area contributed by atoms with Gasteiger partial charge in [-0.2, -0.15) is 0 Å². The number of halogens is 1. The summed E-state index contributed by atoms with van der Waals surface area (Å²) in [6.07, 6.45) is 3.88. The predicted octanol–water partition coefficient (Wildman–Crippen LogP) is 3.71. The predicted molar refractivity (Wildman–Crippen MR) is 107 cm³/mol. The van der Waals surface area contributed by atoms with E-state index in [1.165, 1.54) is 12.1 Å². The Balaban J connectivity index is 1.53. The van der Waals surface area contributed by atoms with Crippen LogP contribution in [-0.2, 0) is 12.8 Å². The summed E-state index contributed by atoms with van der Waals surface area (Å²) in [5.74, 6) is 0.863. The molecular formula is C22H30FN3O2.